The van der Waals surface area contributed by atoms with E-state index in [1.165, 1.54) is 12.1 Å². The predicted molar refractivity (Wildman–Crippen MR) is 101 cm³/mol. The largest absolute Gasteiger partial charge is 0.345 e. The Morgan fingerprint density at radius 3 is 2.68 bits per heavy atom. The first kappa shape index (κ1) is 18.2. The molecule has 0 saturated heterocycles. The van der Waals surface area contributed by atoms with Crippen molar-refractivity contribution in [2.45, 2.75) is 31.8 Å². The van der Waals surface area contributed by atoms with Crippen molar-refractivity contribution in [3.8, 4) is 0 Å². The molecule has 6 nitrogen and oxygen atoms in total. The Bertz CT molecular complexity index is 971. The molecule has 2 aliphatic rings. The van der Waals surface area contributed by atoms with Crippen molar-refractivity contribution < 1.29 is 18.8 Å². The van der Waals surface area contributed by atoms with E-state index in [4.69, 9.17) is 0 Å². The van der Waals surface area contributed by atoms with Crippen molar-refractivity contribution in [3.63, 3.8) is 0 Å². The standard InChI is InChI=1S/C21H20FN3O3/c1-12-6-7-13(22)10-17(12)24-18(26)11-23-20(27)19-15-4-2-3-5-16(15)21(28)25(19)14-8-9-14/h2-7,10,14,19H,8-9,11H2,1H3,(H,23,27)(H,24,26). The summed E-state index contributed by atoms with van der Waals surface area (Å²) in [6.07, 6.45) is 1.76. The van der Waals surface area contributed by atoms with Gasteiger partial charge in [-0.1, -0.05) is 24.3 Å². The van der Waals surface area contributed by atoms with Gasteiger partial charge in [0, 0.05) is 17.3 Å². The number of hydrogen-bond acceptors (Lipinski definition) is 3. The molecule has 4 rings (SSSR count). The van der Waals surface area contributed by atoms with Crippen LogP contribution in [0.2, 0.25) is 0 Å². The molecule has 1 saturated carbocycles. The lowest BCUT2D eigenvalue weighted by atomic mass is 10.0. The van der Waals surface area contributed by atoms with Crippen LogP contribution in [0.25, 0.3) is 0 Å². The first-order chi connectivity index (χ1) is 13.5. The van der Waals surface area contributed by atoms with Gasteiger partial charge in [-0.25, -0.2) is 4.39 Å². The average molecular weight is 381 g/mol. The lowest BCUT2D eigenvalue weighted by molar-refractivity contribution is -0.127. The Balaban J connectivity index is 1.45. The Hall–Kier alpha value is -3.22. The van der Waals surface area contributed by atoms with Gasteiger partial charge in [0.25, 0.3) is 5.91 Å². The van der Waals surface area contributed by atoms with Crippen LogP contribution in [0.5, 0.6) is 0 Å². The molecule has 1 unspecified atom stereocenters. The van der Waals surface area contributed by atoms with E-state index in [1.54, 1.807) is 42.2 Å². The van der Waals surface area contributed by atoms with Gasteiger partial charge in [-0.3, -0.25) is 14.4 Å². The minimum atomic E-state index is -0.722. The summed E-state index contributed by atoms with van der Waals surface area (Å²) >= 11 is 0. The third kappa shape index (κ3) is 3.35. The van der Waals surface area contributed by atoms with Crippen LogP contribution in [0, 0.1) is 12.7 Å². The number of halogens is 1. The summed E-state index contributed by atoms with van der Waals surface area (Å²) in [7, 11) is 0. The van der Waals surface area contributed by atoms with Crippen LogP contribution in [0.15, 0.2) is 42.5 Å². The predicted octanol–water partition coefficient (Wildman–Crippen LogP) is 2.55. The smallest absolute Gasteiger partial charge is 0.255 e. The molecule has 0 bridgehead atoms. The third-order valence-corrected chi connectivity index (χ3v) is 5.08. The summed E-state index contributed by atoms with van der Waals surface area (Å²) in [4.78, 5) is 39.3. The fourth-order valence-corrected chi connectivity index (χ4v) is 3.52. The fraction of sp³-hybridized carbons (Fsp3) is 0.286. The van der Waals surface area contributed by atoms with Gasteiger partial charge in [0.15, 0.2) is 0 Å². The van der Waals surface area contributed by atoms with E-state index in [-0.39, 0.29) is 18.5 Å². The highest BCUT2D eigenvalue weighted by atomic mass is 19.1. The van der Waals surface area contributed by atoms with E-state index >= 15 is 0 Å². The molecule has 1 aliphatic carbocycles. The van der Waals surface area contributed by atoms with Crippen molar-refractivity contribution in [1.82, 2.24) is 10.2 Å². The summed E-state index contributed by atoms with van der Waals surface area (Å²) in [6, 6.07) is 10.5. The minimum absolute atomic E-state index is 0.0689. The second-order valence-electron chi connectivity index (χ2n) is 7.16. The van der Waals surface area contributed by atoms with Crippen molar-refractivity contribution in [3.05, 3.63) is 65.0 Å². The zero-order valence-electron chi connectivity index (χ0n) is 15.4. The van der Waals surface area contributed by atoms with Crippen molar-refractivity contribution in [2.75, 3.05) is 11.9 Å². The maximum atomic E-state index is 13.4. The fourth-order valence-electron chi connectivity index (χ4n) is 3.52. The summed E-state index contributed by atoms with van der Waals surface area (Å²) in [5, 5.41) is 5.21. The number of hydrogen-bond donors (Lipinski definition) is 2. The molecule has 0 radical (unpaired) electrons. The van der Waals surface area contributed by atoms with Crippen LogP contribution in [0.4, 0.5) is 10.1 Å². The summed E-state index contributed by atoms with van der Waals surface area (Å²) in [5.41, 5.74) is 2.28. The first-order valence-electron chi connectivity index (χ1n) is 9.21. The number of carbonyl (C=O) groups is 3. The van der Waals surface area contributed by atoms with Crippen molar-refractivity contribution >= 4 is 23.4 Å². The van der Waals surface area contributed by atoms with E-state index < -0.39 is 23.7 Å². The topological polar surface area (TPSA) is 78.5 Å². The number of rotatable bonds is 5. The lowest BCUT2D eigenvalue weighted by Gasteiger charge is -2.24. The molecule has 2 aromatic carbocycles. The highest BCUT2D eigenvalue weighted by Crippen LogP contribution is 2.41. The minimum Gasteiger partial charge on any atom is -0.345 e. The third-order valence-electron chi connectivity index (χ3n) is 5.08. The second-order valence-corrected chi connectivity index (χ2v) is 7.16. The molecular formula is C21H20FN3O3. The highest BCUT2D eigenvalue weighted by molar-refractivity contribution is 6.05. The number of amides is 3. The number of benzene rings is 2. The molecule has 28 heavy (non-hydrogen) atoms. The van der Waals surface area contributed by atoms with Crippen LogP contribution in [0.3, 0.4) is 0 Å². The van der Waals surface area contributed by atoms with Crippen LogP contribution < -0.4 is 10.6 Å². The van der Waals surface area contributed by atoms with Gasteiger partial charge in [0.05, 0.1) is 6.54 Å². The molecular weight excluding hydrogens is 361 g/mol. The molecule has 0 spiro atoms. The van der Waals surface area contributed by atoms with E-state index in [1.807, 2.05) is 0 Å². The molecule has 144 valence electrons. The summed E-state index contributed by atoms with van der Waals surface area (Å²) < 4.78 is 13.4. The van der Waals surface area contributed by atoms with E-state index in [9.17, 15) is 18.8 Å². The van der Waals surface area contributed by atoms with Gasteiger partial charge in [-0.2, -0.15) is 0 Å². The quantitative estimate of drug-likeness (QED) is 0.836. The molecule has 2 N–H and O–H groups in total. The van der Waals surface area contributed by atoms with E-state index in [2.05, 4.69) is 10.6 Å². The van der Waals surface area contributed by atoms with Gasteiger partial charge >= 0.3 is 0 Å². The van der Waals surface area contributed by atoms with Crippen LogP contribution in [0.1, 0.15) is 40.4 Å². The van der Waals surface area contributed by atoms with Gasteiger partial charge in [-0.15, -0.1) is 0 Å². The van der Waals surface area contributed by atoms with Crippen LogP contribution in [-0.2, 0) is 9.59 Å². The zero-order valence-corrected chi connectivity index (χ0v) is 15.4. The van der Waals surface area contributed by atoms with Gasteiger partial charge < -0.3 is 15.5 Å². The highest BCUT2D eigenvalue weighted by Gasteiger charge is 2.47. The van der Waals surface area contributed by atoms with Crippen molar-refractivity contribution in [1.29, 1.82) is 0 Å². The molecule has 1 fully saturated rings. The van der Waals surface area contributed by atoms with Crippen molar-refractivity contribution in [2.24, 2.45) is 0 Å². The maximum Gasteiger partial charge on any atom is 0.255 e. The molecule has 0 aromatic heterocycles. The Morgan fingerprint density at radius 1 is 1.18 bits per heavy atom. The van der Waals surface area contributed by atoms with E-state index in [0.717, 1.165) is 18.4 Å². The molecule has 7 heteroatoms. The van der Waals surface area contributed by atoms with Crippen LogP contribution >= 0.6 is 0 Å². The summed E-state index contributed by atoms with van der Waals surface area (Å²) in [5.74, 6) is -1.45. The number of anilines is 1. The Labute approximate surface area is 161 Å². The zero-order chi connectivity index (χ0) is 19.8. The van der Waals surface area contributed by atoms with Gasteiger partial charge in [-0.05, 0) is 49.1 Å². The SMILES string of the molecule is Cc1ccc(F)cc1NC(=O)CNC(=O)C1c2ccccc2C(=O)N1C1CC1. The molecule has 3 amide bonds. The maximum absolute atomic E-state index is 13.4. The van der Waals surface area contributed by atoms with Gasteiger partial charge in [0.1, 0.15) is 11.9 Å². The number of fused-ring (bicyclic) bond motifs is 1. The summed E-state index contributed by atoms with van der Waals surface area (Å²) in [6.45, 7) is 1.49. The Morgan fingerprint density at radius 2 is 1.93 bits per heavy atom. The Kier molecular flexibility index (Phi) is 4.58. The number of carbonyl (C=O) groups excluding carboxylic acids is 3. The molecule has 1 heterocycles. The van der Waals surface area contributed by atoms with Crippen LogP contribution in [-0.4, -0.2) is 35.2 Å². The average Bonchev–Trinajstić information content (AvgIpc) is 3.47. The number of nitrogens with one attached hydrogen (secondary N) is 2. The monoisotopic (exact) mass is 381 g/mol. The van der Waals surface area contributed by atoms with E-state index in [0.29, 0.717) is 16.8 Å². The lowest BCUT2D eigenvalue weighted by Crippen LogP contribution is -2.42. The second kappa shape index (κ2) is 7.07. The molecule has 2 aromatic rings. The number of aryl methyl sites for hydroxylation is 1. The molecule has 1 atom stereocenters. The number of nitrogens with zero attached hydrogens (tertiary/aromatic N) is 1. The molecule has 1 aliphatic heterocycles. The first-order valence-corrected chi connectivity index (χ1v) is 9.21. The van der Waals surface area contributed by atoms with Gasteiger partial charge in [0.2, 0.25) is 11.8 Å². The normalized spacial score (nSPS) is 18.0.